The normalized spacial score (nSPS) is 12.4. The maximum Gasteiger partial charge on any atom is 0.142 e. The molecule has 1 unspecified atom stereocenters. The van der Waals surface area contributed by atoms with Crippen molar-refractivity contribution in [3.05, 3.63) is 46.2 Å². The lowest BCUT2D eigenvalue weighted by Crippen LogP contribution is -2.12. The topological polar surface area (TPSA) is 35.0 Å². The van der Waals surface area contributed by atoms with Crippen LogP contribution in [0.25, 0.3) is 11.1 Å². The summed E-state index contributed by atoms with van der Waals surface area (Å²) >= 11 is 12.3. The van der Waals surface area contributed by atoms with Crippen LogP contribution in [0.15, 0.2) is 24.3 Å². The van der Waals surface area contributed by atoms with Gasteiger partial charge in [-0.1, -0.05) is 35.3 Å². The molecule has 0 aliphatic heterocycles. The van der Waals surface area contributed by atoms with Crippen LogP contribution in [0.1, 0.15) is 12.7 Å². The Morgan fingerprint density at radius 2 is 1.90 bits per heavy atom. The van der Waals surface area contributed by atoms with Gasteiger partial charge < -0.3 is 4.74 Å². The van der Waals surface area contributed by atoms with Crippen molar-refractivity contribution in [3.63, 3.8) is 0 Å². The third-order valence-electron chi connectivity index (χ3n) is 2.85. The molecule has 0 amide bonds. The first-order valence-corrected chi connectivity index (χ1v) is 6.77. The number of hydrogen-bond acceptors (Lipinski definition) is 3. The summed E-state index contributed by atoms with van der Waals surface area (Å²) < 4.78 is 18.4. The molecule has 0 aliphatic rings. The lowest BCUT2D eigenvalue weighted by molar-refractivity contribution is 0.117. The summed E-state index contributed by atoms with van der Waals surface area (Å²) in [6.07, 6.45) is 0.460. The van der Waals surface area contributed by atoms with E-state index in [1.807, 2.05) is 6.92 Å². The van der Waals surface area contributed by atoms with Crippen LogP contribution < -0.4 is 0 Å². The molecule has 0 bridgehead atoms. The van der Waals surface area contributed by atoms with Gasteiger partial charge in [0.05, 0.1) is 11.7 Å². The van der Waals surface area contributed by atoms with Crippen LogP contribution in [0.4, 0.5) is 4.39 Å². The molecule has 0 saturated carbocycles. The summed E-state index contributed by atoms with van der Waals surface area (Å²) in [4.78, 5) is 8.39. The van der Waals surface area contributed by atoms with Crippen molar-refractivity contribution in [1.29, 1.82) is 0 Å². The molecule has 0 spiro atoms. The summed E-state index contributed by atoms with van der Waals surface area (Å²) in [7, 11) is 1.61. The first-order valence-electron chi connectivity index (χ1n) is 6.02. The summed E-state index contributed by atoms with van der Waals surface area (Å²) in [6.45, 7) is 1.89. The molecule has 0 N–H and O–H groups in total. The molecule has 1 heterocycles. The summed E-state index contributed by atoms with van der Waals surface area (Å²) in [5.41, 5.74) is 0.980. The van der Waals surface area contributed by atoms with Crippen LogP contribution in [0.2, 0.25) is 10.3 Å². The Hall–Kier alpha value is -1.23. The predicted molar refractivity (Wildman–Crippen MR) is 77.6 cm³/mol. The van der Waals surface area contributed by atoms with Gasteiger partial charge in [0.25, 0.3) is 0 Å². The lowest BCUT2D eigenvalue weighted by atomic mass is 10.1. The van der Waals surface area contributed by atoms with Crippen LogP contribution in [0, 0.1) is 5.82 Å². The van der Waals surface area contributed by atoms with E-state index in [9.17, 15) is 4.39 Å². The SMILES string of the molecule is COC(C)Cc1nc(Cl)c(-c2cccc(F)c2)c(Cl)n1. The number of benzene rings is 1. The molecule has 3 nitrogen and oxygen atoms in total. The molecule has 20 heavy (non-hydrogen) atoms. The Kier molecular flexibility index (Phi) is 4.91. The van der Waals surface area contributed by atoms with Crippen LogP contribution in [0.5, 0.6) is 0 Å². The Morgan fingerprint density at radius 3 is 2.45 bits per heavy atom. The summed E-state index contributed by atoms with van der Waals surface area (Å²) in [5.74, 6) is 0.126. The molecule has 2 rings (SSSR count). The van der Waals surface area contributed by atoms with Gasteiger partial charge in [0.1, 0.15) is 21.9 Å². The van der Waals surface area contributed by atoms with Crippen molar-refractivity contribution in [1.82, 2.24) is 9.97 Å². The fourth-order valence-electron chi connectivity index (χ4n) is 1.76. The zero-order valence-electron chi connectivity index (χ0n) is 11.0. The van der Waals surface area contributed by atoms with Gasteiger partial charge in [-0.3, -0.25) is 0 Å². The van der Waals surface area contributed by atoms with Crippen LogP contribution in [0.3, 0.4) is 0 Å². The molecule has 1 aromatic heterocycles. The monoisotopic (exact) mass is 314 g/mol. The molecule has 0 saturated heterocycles. The zero-order chi connectivity index (χ0) is 14.7. The van der Waals surface area contributed by atoms with Crippen molar-refractivity contribution in [2.45, 2.75) is 19.4 Å². The summed E-state index contributed by atoms with van der Waals surface area (Å²) in [6, 6.07) is 5.98. The zero-order valence-corrected chi connectivity index (χ0v) is 12.5. The fraction of sp³-hybridized carbons (Fsp3) is 0.286. The van der Waals surface area contributed by atoms with E-state index in [2.05, 4.69) is 9.97 Å². The van der Waals surface area contributed by atoms with E-state index < -0.39 is 0 Å². The van der Waals surface area contributed by atoms with E-state index >= 15 is 0 Å². The molecule has 106 valence electrons. The Morgan fingerprint density at radius 1 is 1.25 bits per heavy atom. The quantitative estimate of drug-likeness (QED) is 0.794. The Bertz CT molecular complexity index is 599. The van der Waals surface area contributed by atoms with Crippen LogP contribution in [-0.2, 0) is 11.2 Å². The molecule has 0 radical (unpaired) electrons. The van der Waals surface area contributed by atoms with E-state index in [1.54, 1.807) is 19.2 Å². The van der Waals surface area contributed by atoms with Gasteiger partial charge in [-0.2, -0.15) is 0 Å². The van der Waals surface area contributed by atoms with Crippen molar-refractivity contribution >= 4 is 23.2 Å². The molecular formula is C14H13Cl2FN2O. The number of nitrogens with zero attached hydrogens (tertiary/aromatic N) is 2. The minimum atomic E-state index is -0.369. The smallest absolute Gasteiger partial charge is 0.142 e. The maximum absolute atomic E-state index is 13.3. The lowest BCUT2D eigenvalue weighted by Gasteiger charge is -2.11. The third-order valence-corrected chi connectivity index (χ3v) is 3.40. The van der Waals surface area contributed by atoms with Crippen LogP contribution in [-0.4, -0.2) is 23.2 Å². The minimum Gasteiger partial charge on any atom is -0.381 e. The van der Waals surface area contributed by atoms with Gasteiger partial charge in [0, 0.05) is 13.5 Å². The van der Waals surface area contributed by atoms with Crippen molar-refractivity contribution < 1.29 is 9.13 Å². The molecule has 2 aromatic rings. The highest BCUT2D eigenvalue weighted by atomic mass is 35.5. The first-order chi connectivity index (χ1) is 9.51. The minimum absolute atomic E-state index is 0.0397. The van der Waals surface area contributed by atoms with Crippen molar-refractivity contribution in [2.75, 3.05) is 7.11 Å². The Labute approximate surface area is 126 Å². The van der Waals surface area contributed by atoms with E-state index in [-0.39, 0.29) is 22.2 Å². The molecular weight excluding hydrogens is 302 g/mol. The maximum atomic E-state index is 13.3. The number of ether oxygens (including phenoxy) is 1. The second-order valence-corrected chi connectivity index (χ2v) is 5.07. The fourth-order valence-corrected chi connectivity index (χ4v) is 2.40. The molecule has 1 atom stereocenters. The number of hydrogen-bond donors (Lipinski definition) is 0. The first kappa shape index (κ1) is 15.2. The molecule has 6 heteroatoms. The van der Waals surface area contributed by atoms with E-state index in [1.165, 1.54) is 12.1 Å². The third kappa shape index (κ3) is 3.45. The van der Waals surface area contributed by atoms with Gasteiger partial charge in [-0.25, -0.2) is 14.4 Å². The average Bonchev–Trinajstić information content (AvgIpc) is 2.37. The van der Waals surface area contributed by atoms with Gasteiger partial charge in [0.2, 0.25) is 0 Å². The standard InChI is InChI=1S/C14H13Cl2FN2O/c1-8(20-2)6-11-18-13(15)12(14(16)19-11)9-4-3-5-10(17)7-9/h3-5,7-8H,6H2,1-2H3. The van der Waals surface area contributed by atoms with Crippen molar-refractivity contribution in [2.24, 2.45) is 0 Å². The number of halogens is 3. The van der Waals surface area contributed by atoms with Gasteiger partial charge in [-0.05, 0) is 24.6 Å². The number of methoxy groups -OCH3 is 1. The highest BCUT2D eigenvalue weighted by molar-refractivity contribution is 6.37. The predicted octanol–water partition coefficient (Wildman–Crippen LogP) is 4.17. The van der Waals surface area contributed by atoms with Gasteiger partial charge in [0.15, 0.2) is 0 Å². The largest absolute Gasteiger partial charge is 0.381 e. The highest BCUT2D eigenvalue weighted by Gasteiger charge is 2.15. The Balaban J connectivity index is 2.41. The molecule has 0 fully saturated rings. The van der Waals surface area contributed by atoms with Gasteiger partial charge >= 0.3 is 0 Å². The molecule has 1 aromatic carbocycles. The number of aromatic nitrogens is 2. The van der Waals surface area contributed by atoms with E-state index in [0.717, 1.165) is 0 Å². The summed E-state index contributed by atoms with van der Waals surface area (Å²) in [5, 5.41) is 0.405. The second-order valence-electron chi connectivity index (χ2n) is 4.36. The average molecular weight is 315 g/mol. The van der Waals surface area contributed by atoms with E-state index in [4.69, 9.17) is 27.9 Å². The van der Waals surface area contributed by atoms with E-state index in [0.29, 0.717) is 23.4 Å². The number of rotatable bonds is 4. The highest BCUT2D eigenvalue weighted by Crippen LogP contribution is 2.32. The molecule has 0 aliphatic carbocycles. The second kappa shape index (κ2) is 6.48. The van der Waals surface area contributed by atoms with Crippen molar-refractivity contribution in [3.8, 4) is 11.1 Å². The van der Waals surface area contributed by atoms with Crippen LogP contribution >= 0.6 is 23.2 Å². The van der Waals surface area contributed by atoms with Gasteiger partial charge in [-0.15, -0.1) is 0 Å².